The quantitative estimate of drug-likeness (QED) is 0.421. The van der Waals surface area contributed by atoms with Crippen LogP contribution in [0.4, 0.5) is 5.69 Å². The maximum absolute atomic E-state index is 13.4. The van der Waals surface area contributed by atoms with Gasteiger partial charge in [0, 0.05) is 15.8 Å². The number of aryl methyl sites for hydroxylation is 1. The number of carbonyl (C=O) groups is 1. The summed E-state index contributed by atoms with van der Waals surface area (Å²) in [7, 11) is -2.39. The lowest BCUT2D eigenvalue weighted by Gasteiger charge is -2.22. The first-order valence-corrected chi connectivity index (χ1v) is 12.1. The van der Waals surface area contributed by atoms with Crippen LogP contribution in [0.15, 0.2) is 77.7 Å². The highest BCUT2D eigenvalue weighted by atomic mass is 127. The maximum atomic E-state index is 13.4. The van der Waals surface area contributed by atoms with Gasteiger partial charge < -0.3 is 10.1 Å². The van der Waals surface area contributed by atoms with E-state index in [0.717, 1.165) is 9.13 Å². The van der Waals surface area contributed by atoms with Gasteiger partial charge in [-0.3, -0.25) is 4.79 Å². The zero-order valence-corrected chi connectivity index (χ0v) is 20.2. The molecule has 0 aliphatic heterocycles. The van der Waals surface area contributed by atoms with Crippen molar-refractivity contribution in [1.82, 2.24) is 4.31 Å². The summed E-state index contributed by atoms with van der Waals surface area (Å²) in [6.45, 7) is 1.55. The van der Waals surface area contributed by atoms with Crippen LogP contribution in [0.1, 0.15) is 11.1 Å². The molecule has 31 heavy (non-hydrogen) atoms. The van der Waals surface area contributed by atoms with Gasteiger partial charge in [0.05, 0.1) is 18.6 Å². The summed E-state index contributed by atoms with van der Waals surface area (Å²) >= 11 is 2.18. The predicted octanol–water partition coefficient (Wildman–Crippen LogP) is 4.44. The maximum Gasteiger partial charge on any atom is 0.243 e. The van der Waals surface area contributed by atoms with E-state index in [1.807, 2.05) is 42.5 Å². The molecule has 0 spiro atoms. The molecule has 1 amide bonds. The molecule has 0 unspecified atom stereocenters. The molecule has 0 atom stereocenters. The number of methoxy groups -OCH3 is 1. The summed E-state index contributed by atoms with van der Waals surface area (Å²) in [5.74, 6) is 0.191. The third kappa shape index (κ3) is 6.05. The van der Waals surface area contributed by atoms with Crippen LogP contribution in [0.3, 0.4) is 0 Å². The van der Waals surface area contributed by atoms with Crippen molar-refractivity contribution in [1.29, 1.82) is 0 Å². The lowest BCUT2D eigenvalue weighted by Crippen LogP contribution is -2.37. The Morgan fingerprint density at radius 3 is 2.32 bits per heavy atom. The average molecular weight is 550 g/mol. The van der Waals surface area contributed by atoms with Gasteiger partial charge in [-0.15, -0.1) is 0 Å². The van der Waals surface area contributed by atoms with Crippen molar-refractivity contribution >= 4 is 44.2 Å². The van der Waals surface area contributed by atoms with E-state index in [9.17, 15) is 13.2 Å². The number of nitrogens with zero attached hydrogens (tertiary/aromatic N) is 1. The summed E-state index contributed by atoms with van der Waals surface area (Å²) in [5, 5.41) is 2.77. The summed E-state index contributed by atoms with van der Waals surface area (Å²) < 4.78 is 34.3. The number of rotatable bonds is 8. The van der Waals surface area contributed by atoms with Gasteiger partial charge in [0.25, 0.3) is 0 Å². The molecule has 0 bridgehead atoms. The molecule has 0 aliphatic carbocycles. The Hall–Kier alpha value is -2.43. The van der Waals surface area contributed by atoms with E-state index >= 15 is 0 Å². The van der Waals surface area contributed by atoms with Crippen LogP contribution >= 0.6 is 22.6 Å². The van der Waals surface area contributed by atoms with Crippen LogP contribution < -0.4 is 10.1 Å². The summed E-state index contributed by atoms with van der Waals surface area (Å²) in [5.41, 5.74) is 2.10. The normalized spacial score (nSPS) is 11.4. The van der Waals surface area contributed by atoms with Crippen LogP contribution in [0.5, 0.6) is 5.75 Å². The Balaban J connectivity index is 1.88. The van der Waals surface area contributed by atoms with Gasteiger partial charge in [-0.25, -0.2) is 8.42 Å². The number of hydrogen-bond acceptors (Lipinski definition) is 4. The lowest BCUT2D eigenvalue weighted by atomic mass is 10.2. The first-order valence-electron chi connectivity index (χ1n) is 9.54. The van der Waals surface area contributed by atoms with Crippen molar-refractivity contribution in [2.75, 3.05) is 19.0 Å². The highest BCUT2D eigenvalue weighted by Crippen LogP contribution is 2.25. The van der Waals surface area contributed by atoms with E-state index < -0.39 is 15.9 Å². The monoisotopic (exact) mass is 550 g/mol. The van der Waals surface area contributed by atoms with Gasteiger partial charge >= 0.3 is 0 Å². The van der Waals surface area contributed by atoms with Crippen LogP contribution in [0, 0.1) is 10.5 Å². The smallest absolute Gasteiger partial charge is 0.243 e. The van der Waals surface area contributed by atoms with Gasteiger partial charge in [0.15, 0.2) is 0 Å². The molecule has 0 aromatic heterocycles. The number of amides is 1. The van der Waals surface area contributed by atoms with Crippen LogP contribution in [-0.2, 0) is 21.4 Å². The molecule has 0 heterocycles. The lowest BCUT2D eigenvalue weighted by molar-refractivity contribution is -0.116. The number of ether oxygens (including phenoxy) is 1. The van der Waals surface area contributed by atoms with Gasteiger partial charge in [-0.05, 0) is 83.1 Å². The zero-order chi connectivity index (χ0) is 22.4. The van der Waals surface area contributed by atoms with Crippen molar-refractivity contribution < 1.29 is 17.9 Å². The minimum atomic E-state index is -3.93. The molecule has 0 saturated heterocycles. The van der Waals surface area contributed by atoms with E-state index in [4.69, 9.17) is 4.74 Å². The molecular formula is C23H23IN2O4S. The third-order valence-corrected chi connectivity index (χ3v) is 7.16. The van der Waals surface area contributed by atoms with Crippen LogP contribution in [0.25, 0.3) is 0 Å². The van der Waals surface area contributed by atoms with Crippen molar-refractivity contribution in [3.8, 4) is 5.75 Å². The molecule has 6 nitrogen and oxygen atoms in total. The van der Waals surface area contributed by atoms with Gasteiger partial charge in [-0.1, -0.05) is 30.3 Å². The van der Waals surface area contributed by atoms with E-state index in [-0.39, 0.29) is 18.0 Å². The van der Waals surface area contributed by atoms with Gasteiger partial charge in [0.1, 0.15) is 5.75 Å². The fourth-order valence-electron chi connectivity index (χ4n) is 3.07. The standard InChI is InChI=1S/C23H23IN2O4S/c1-17-14-21(12-13-22(17)30-2)31(28,29)26(15-18-6-4-3-5-7-18)16-23(27)25-20-10-8-19(24)9-11-20/h3-14H,15-16H2,1-2H3,(H,25,27). The molecule has 0 saturated carbocycles. The Bertz CT molecular complexity index is 1150. The Morgan fingerprint density at radius 1 is 1.03 bits per heavy atom. The van der Waals surface area contributed by atoms with Crippen molar-refractivity contribution in [2.45, 2.75) is 18.4 Å². The number of anilines is 1. The van der Waals surface area contributed by atoms with Crippen molar-refractivity contribution in [3.05, 3.63) is 87.5 Å². The van der Waals surface area contributed by atoms with Gasteiger partial charge in [0.2, 0.25) is 15.9 Å². The van der Waals surface area contributed by atoms with Crippen LogP contribution in [-0.4, -0.2) is 32.3 Å². The second-order valence-corrected chi connectivity index (χ2v) is 10.1. The first-order chi connectivity index (χ1) is 14.8. The molecule has 0 radical (unpaired) electrons. The fourth-order valence-corrected chi connectivity index (χ4v) is 4.90. The van der Waals surface area contributed by atoms with E-state index in [1.165, 1.54) is 17.5 Å². The molecule has 1 N–H and O–H groups in total. The number of nitrogens with one attached hydrogen (secondary N) is 1. The topological polar surface area (TPSA) is 75.7 Å². The molecule has 0 aliphatic rings. The molecule has 8 heteroatoms. The van der Waals surface area contributed by atoms with Crippen molar-refractivity contribution in [3.63, 3.8) is 0 Å². The number of halogens is 1. The SMILES string of the molecule is COc1ccc(S(=O)(=O)N(CC(=O)Nc2ccc(I)cc2)Cc2ccccc2)cc1C. The molecule has 0 fully saturated rings. The molecule has 3 rings (SSSR count). The van der Waals surface area contributed by atoms with E-state index in [0.29, 0.717) is 17.0 Å². The minimum absolute atomic E-state index is 0.0777. The minimum Gasteiger partial charge on any atom is -0.496 e. The molecule has 3 aromatic carbocycles. The summed E-state index contributed by atoms with van der Waals surface area (Å²) in [6, 6.07) is 21.2. The fraction of sp³-hybridized carbons (Fsp3) is 0.174. The number of carbonyl (C=O) groups excluding carboxylic acids is 1. The van der Waals surface area contributed by atoms with E-state index in [2.05, 4.69) is 27.9 Å². The molecule has 3 aromatic rings. The second-order valence-electron chi connectivity index (χ2n) is 6.95. The molecule has 162 valence electrons. The highest BCUT2D eigenvalue weighted by molar-refractivity contribution is 14.1. The van der Waals surface area contributed by atoms with Crippen LogP contribution in [0.2, 0.25) is 0 Å². The largest absolute Gasteiger partial charge is 0.496 e. The second kappa shape index (κ2) is 10.3. The Labute approximate surface area is 196 Å². The highest BCUT2D eigenvalue weighted by Gasteiger charge is 2.27. The average Bonchev–Trinajstić information content (AvgIpc) is 2.75. The predicted molar refractivity (Wildman–Crippen MR) is 130 cm³/mol. The molecular weight excluding hydrogens is 527 g/mol. The number of sulfonamides is 1. The number of hydrogen-bond donors (Lipinski definition) is 1. The summed E-state index contributed by atoms with van der Waals surface area (Å²) in [6.07, 6.45) is 0. The first kappa shape index (κ1) is 23.2. The van der Waals surface area contributed by atoms with E-state index in [1.54, 1.807) is 31.2 Å². The van der Waals surface area contributed by atoms with Crippen molar-refractivity contribution in [2.24, 2.45) is 0 Å². The zero-order valence-electron chi connectivity index (χ0n) is 17.2. The Morgan fingerprint density at radius 2 is 1.71 bits per heavy atom. The number of benzene rings is 3. The third-order valence-electron chi connectivity index (χ3n) is 4.65. The summed E-state index contributed by atoms with van der Waals surface area (Å²) in [4.78, 5) is 12.8. The Kier molecular flexibility index (Phi) is 7.69. The van der Waals surface area contributed by atoms with Gasteiger partial charge in [-0.2, -0.15) is 4.31 Å².